The molecule has 2 atom stereocenters. The molecule has 3 aliphatic heterocycles. The van der Waals surface area contributed by atoms with Crippen molar-refractivity contribution in [3.05, 3.63) is 0 Å². The van der Waals surface area contributed by atoms with Crippen molar-refractivity contribution in [1.29, 1.82) is 0 Å². The normalized spacial score (nSPS) is 34.7. The van der Waals surface area contributed by atoms with Crippen molar-refractivity contribution in [3.8, 4) is 0 Å². The Morgan fingerprint density at radius 1 is 1.00 bits per heavy atom. The van der Waals surface area contributed by atoms with E-state index >= 15 is 0 Å². The van der Waals surface area contributed by atoms with E-state index in [0.29, 0.717) is 17.9 Å². The molecule has 2 bridgehead atoms. The highest BCUT2D eigenvalue weighted by Crippen LogP contribution is 2.33. The number of rotatable bonds is 4. The fourth-order valence-electron chi connectivity index (χ4n) is 3.91. The van der Waals surface area contributed by atoms with Crippen LogP contribution >= 0.6 is 0 Å². The second-order valence-electron chi connectivity index (χ2n) is 5.97. The minimum Gasteiger partial charge on any atom is -0.303 e. The van der Waals surface area contributed by atoms with Crippen LogP contribution in [0.2, 0.25) is 0 Å². The van der Waals surface area contributed by atoms with Gasteiger partial charge in [-0.15, -0.1) is 0 Å². The molecule has 3 aliphatic rings. The van der Waals surface area contributed by atoms with Gasteiger partial charge in [0.1, 0.15) is 5.78 Å². The van der Waals surface area contributed by atoms with Crippen LogP contribution in [-0.2, 0) is 4.79 Å². The summed E-state index contributed by atoms with van der Waals surface area (Å²) >= 11 is 0. The van der Waals surface area contributed by atoms with Crippen LogP contribution in [0.4, 0.5) is 0 Å². The molecule has 0 radical (unpaired) electrons. The van der Waals surface area contributed by atoms with Crippen LogP contribution < -0.4 is 0 Å². The molecule has 0 amide bonds. The van der Waals surface area contributed by atoms with Crippen molar-refractivity contribution in [1.82, 2.24) is 9.80 Å². The summed E-state index contributed by atoms with van der Waals surface area (Å²) in [5.41, 5.74) is 0. The van der Waals surface area contributed by atoms with E-state index in [4.69, 9.17) is 0 Å². The monoisotopic (exact) mass is 236 g/mol. The van der Waals surface area contributed by atoms with Crippen molar-refractivity contribution in [3.63, 3.8) is 0 Å². The molecule has 3 fully saturated rings. The largest absolute Gasteiger partial charge is 0.303 e. The molecule has 2 unspecified atom stereocenters. The number of likely N-dealkylation sites (tertiary alicyclic amines) is 1. The Balaban J connectivity index is 1.44. The number of carbonyl (C=O) groups is 1. The Labute approximate surface area is 104 Å². The van der Waals surface area contributed by atoms with Crippen molar-refractivity contribution in [2.75, 3.05) is 26.2 Å². The van der Waals surface area contributed by atoms with Gasteiger partial charge in [0.15, 0.2) is 0 Å². The second-order valence-corrected chi connectivity index (χ2v) is 5.97. The maximum Gasteiger partial charge on any atom is 0.136 e. The summed E-state index contributed by atoms with van der Waals surface area (Å²) in [5.74, 6) is 0.508. The average Bonchev–Trinajstić information content (AvgIpc) is 2.88. The molecule has 0 aromatic carbocycles. The maximum absolute atomic E-state index is 11.5. The first-order valence-electron chi connectivity index (χ1n) is 7.33. The zero-order valence-corrected chi connectivity index (χ0v) is 10.7. The first kappa shape index (κ1) is 11.7. The zero-order valence-electron chi connectivity index (χ0n) is 10.7. The molecule has 96 valence electrons. The van der Waals surface area contributed by atoms with Crippen LogP contribution in [0, 0.1) is 0 Å². The Hall–Kier alpha value is -0.410. The standard InChI is InChI=1S/C14H24N2O/c17-14-10-12-4-5-13(11-14)16(12)9-3-8-15-6-1-2-7-15/h12-13H,1-11H2. The number of piperidine rings is 1. The molecule has 3 saturated heterocycles. The van der Waals surface area contributed by atoms with Gasteiger partial charge in [-0.2, -0.15) is 0 Å². The van der Waals surface area contributed by atoms with E-state index in [-0.39, 0.29) is 0 Å². The number of fused-ring (bicyclic) bond motifs is 2. The van der Waals surface area contributed by atoms with E-state index in [1.807, 2.05) is 0 Å². The third-order valence-electron chi connectivity index (χ3n) is 4.79. The molecule has 3 heteroatoms. The van der Waals surface area contributed by atoms with E-state index in [1.165, 1.54) is 58.3 Å². The minimum absolute atomic E-state index is 0.508. The van der Waals surface area contributed by atoms with Gasteiger partial charge >= 0.3 is 0 Å². The fraction of sp³-hybridized carbons (Fsp3) is 0.929. The summed E-state index contributed by atoms with van der Waals surface area (Å²) in [6, 6.07) is 1.19. The quantitative estimate of drug-likeness (QED) is 0.742. The molecule has 17 heavy (non-hydrogen) atoms. The highest BCUT2D eigenvalue weighted by molar-refractivity contribution is 5.80. The fourth-order valence-corrected chi connectivity index (χ4v) is 3.91. The lowest BCUT2D eigenvalue weighted by Gasteiger charge is -2.34. The molecule has 3 rings (SSSR count). The van der Waals surface area contributed by atoms with Crippen molar-refractivity contribution in [2.45, 2.75) is 57.0 Å². The third-order valence-corrected chi connectivity index (χ3v) is 4.79. The number of hydrogen-bond donors (Lipinski definition) is 0. The Kier molecular flexibility index (Phi) is 3.48. The average molecular weight is 236 g/mol. The molecule has 0 aromatic heterocycles. The van der Waals surface area contributed by atoms with E-state index in [2.05, 4.69) is 9.80 Å². The van der Waals surface area contributed by atoms with E-state index in [1.54, 1.807) is 0 Å². The number of ketones is 1. The van der Waals surface area contributed by atoms with E-state index in [9.17, 15) is 4.79 Å². The van der Waals surface area contributed by atoms with Gasteiger partial charge in [0.25, 0.3) is 0 Å². The van der Waals surface area contributed by atoms with Gasteiger partial charge in [0.2, 0.25) is 0 Å². The van der Waals surface area contributed by atoms with Gasteiger partial charge < -0.3 is 4.90 Å². The van der Waals surface area contributed by atoms with Gasteiger partial charge in [-0.25, -0.2) is 0 Å². The molecular formula is C14H24N2O. The molecule has 0 aromatic rings. The Morgan fingerprint density at radius 3 is 2.29 bits per heavy atom. The van der Waals surface area contributed by atoms with Crippen LogP contribution in [0.5, 0.6) is 0 Å². The highest BCUT2D eigenvalue weighted by atomic mass is 16.1. The smallest absolute Gasteiger partial charge is 0.136 e. The second kappa shape index (κ2) is 5.07. The van der Waals surface area contributed by atoms with E-state index < -0.39 is 0 Å². The SMILES string of the molecule is O=C1CC2CCC(C1)N2CCCN1CCCC1. The topological polar surface area (TPSA) is 23.6 Å². The number of nitrogens with zero attached hydrogens (tertiary/aromatic N) is 2. The lowest BCUT2D eigenvalue weighted by Crippen LogP contribution is -2.44. The van der Waals surface area contributed by atoms with Crippen molar-refractivity contribution < 1.29 is 4.79 Å². The third kappa shape index (κ3) is 2.55. The van der Waals surface area contributed by atoms with E-state index in [0.717, 1.165) is 12.8 Å². The lowest BCUT2D eigenvalue weighted by atomic mass is 10.0. The molecule has 0 spiro atoms. The molecule has 3 heterocycles. The summed E-state index contributed by atoms with van der Waals surface area (Å²) in [4.78, 5) is 16.7. The number of Topliss-reactive ketones (excluding diaryl/α,β-unsaturated/α-hetero) is 1. The van der Waals surface area contributed by atoms with Crippen LogP contribution in [-0.4, -0.2) is 53.8 Å². The zero-order chi connectivity index (χ0) is 11.7. The van der Waals surface area contributed by atoms with Gasteiger partial charge in [0.05, 0.1) is 0 Å². The highest BCUT2D eigenvalue weighted by Gasteiger charge is 2.39. The molecule has 0 saturated carbocycles. The molecule has 0 N–H and O–H groups in total. The van der Waals surface area contributed by atoms with Crippen LogP contribution in [0.25, 0.3) is 0 Å². The van der Waals surface area contributed by atoms with Gasteiger partial charge in [-0.1, -0.05) is 0 Å². The summed E-state index contributed by atoms with van der Waals surface area (Å²) in [5, 5.41) is 0. The lowest BCUT2D eigenvalue weighted by molar-refractivity contribution is -0.123. The summed E-state index contributed by atoms with van der Waals surface area (Å²) in [7, 11) is 0. The molecule has 0 aliphatic carbocycles. The minimum atomic E-state index is 0.508. The van der Waals surface area contributed by atoms with Crippen LogP contribution in [0.1, 0.15) is 44.9 Å². The Morgan fingerprint density at radius 2 is 1.65 bits per heavy atom. The molecular weight excluding hydrogens is 212 g/mol. The maximum atomic E-state index is 11.5. The summed E-state index contributed by atoms with van der Waals surface area (Å²) in [6.07, 6.45) is 8.27. The van der Waals surface area contributed by atoms with Crippen LogP contribution in [0.15, 0.2) is 0 Å². The summed E-state index contributed by atoms with van der Waals surface area (Å²) in [6.45, 7) is 5.11. The first-order valence-corrected chi connectivity index (χ1v) is 7.33. The summed E-state index contributed by atoms with van der Waals surface area (Å²) < 4.78 is 0. The van der Waals surface area contributed by atoms with Crippen molar-refractivity contribution in [2.24, 2.45) is 0 Å². The molecule has 3 nitrogen and oxygen atoms in total. The van der Waals surface area contributed by atoms with Crippen molar-refractivity contribution >= 4 is 5.78 Å². The van der Waals surface area contributed by atoms with Gasteiger partial charge in [0, 0.05) is 24.9 Å². The predicted octanol–water partition coefficient (Wildman–Crippen LogP) is 1.67. The van der Waals surface area contributed by atoms with Crippen LogP contribution in [0.3, 0.4) is 0 Å². The first-order chi connectivity index (χ1) is 8.33. The number of carbonyl (C=O) groups excluding carboxylic acids is 1. The van der Waals surface area contributed by atoms with Gasteiger partial charge in [-0.05, 0) is 58.3 Å². The predicted molar refractivity (Wildman–Crippen MR) is 68.0 cm³/mol. The number of hydrogen-bond acceptors (Lipinski definition) is 3. The van der Waals surface area contributed by atoms with Gasteiger partial charge in [-0.3, -0.25) is 9.69 Å². The Bertz CT molecular complexity index is 270.